The smallest absolute Gasteiger partial charge is 0.222 e. The Morgan fingerprint density at radius 1 is 1.26 bits per heavy atom. The molecule has 0 radical (unpaired) electrons. The molecule has 1 aromatic heterocycles. The Balaban J connectivity index is 1.56. The van der Waals surface area contributed by atoms with E-state index in [1.165, 1.54) is 5.56 Å². The number of aromatic nitrogens is 3. The van der Waals surface area contributed by atoms with Gasteiger partial charge in [-0.05, 0) is 17.7 Å². The number of benzene rings is 1. The number of methoxy groups -OCH3 is 1. The number of hydrogen-bond donors (Lipinski definition) is 1. The Morgan fingerprint density at radius 2 is 2.11 bits per heavy atom. The third-order valence-corrected chi connectivity index (χ3v) is 4.91. The molecule has 0 saturated heterocycles. The number of rotatable bonds is 7. The van der Waals surface area contributed by atoms with Gasteiger partial charge in [0.2, 0.25) is 5.91 Å². The van der Waals surface area contributed by atoms with Crippen molar-refractivity contribution in [1.82, 2.24) is 25.0 Å². The second-order valence-electron chi connectivity index (χ2n) is 7.26. The van der Waals surface area contributed by atoms with Gasteiger partial charge in [-0.15, -0.1) is 10.2 Å². The third-order valence-electron chi connectivity index (χ3n) is 4.91. The Kier molecular flexibility index (Phi) is 6.45. The van der Waals surface area contributed by atoms with Gasteiger partial charge in [-0.25, -0.2) is 0 Å². The lowest BCUT2D eigenvalue weighted by molar-refractivity contribution is -0.123. The van der Waals surface area contributed by atoms with E-state index in [0.717, 1.165) is 50.0 Å². The van der Waals surface area contributed by atoms with Crippen molar-refractivity contribution in [1.29, 1.82) is 0 Å². The second-order valence-corrected chi connectivity index (χ2v) is 7.26. The fourth-order valence-electron chi connectivity index (χ4n) is 3.30. The molecular weight excluding hydrogens is 342 g/mol. The minimum absolute atomic E-state index is 0.00526. The van der Waals surface area contributed by atoms with E-state index < -0.39 is 0 Å². The molecular formula is C20H29N5O2. The molecule has 1 N–H and O–H groups in total. The number of carbonyl (C=O) groups is 1. The van der Waals surface area contributed by atoms with Crippen LogP contribution >= 0.6 is 0 Å². The summed E-state index contributed by atoms with van der Waals surface area (Å²) in [6, 6.07) is 8.23. The fraction of sp³-hybridized carbons (Fsp3) is 0.550. The summed E-state index contributed by atoms with van der Waals surface area (Å²) in [6.45, 7) is 8.08. The number of ether oxygens (including phenoxy) is 1. The third kappa shape index (κ3) is 5.07. The van der Waals surface area contributed by atoms with Crippen molar-refractivity contribution in [3.05, 3.63) is 41.5 Å². The Labute approximate surface area is 160 Å². The number of fused-ring (bicyclic) bond motifs is 1. The van der Waals surface area contributed by atoms with Crippen molar-refractivity contribution < 1.29 is 9.53 Å². The topological polar surface area (TPSA) is 72.3 Å². The lowest BCUT2D eigenvalue weighted by atomic mass is 10.2. The monoisotopic (exact) mass is 371 g/mol. The molecule has 2 aromatic rings. The first-order valence-corrected chi connectivity index (χ1v) is 9.60. The zero-order chi connectivity index (χ0) is 19.2. The highest BCUT2D eigenvalue weighted by Gasteiger charge is 2.19. The van der Waals surface area contributed by atoms with Gasteiger partial charge in [0, 0.05) is 51.5 Å². The molecule has 3 rings (SSSR count). The fourth-order valence-corrected chi connectivity index (χ4v) is 3.30. The summed E-state index contributed by atoms with van der Waals surface area (Å²) >= 11 is 0. The predicted octanol–water partition coefficient (Wildman–Crippen LogP) is 1.66. The van der Waals surface area contributed by atoms with Gasteiger partial charge in [-0.2, -0.15) is 0 Å². The summed E-state index contributed by atoms with van der Waals surface area (Å²) in [5.74, 6) is 2.97. The predicted molar refractivity (Wildman–Crippen MR) is 104 cm³/mol. The van der Waals surface area contributed by atoms with Crippen LogP contribution in [0.2, 0.25) is 0 Å². The molecule has 0 unspecified atom stereocenters. The highest BCUT2D eigenvalue weighted by Crippen LogP contribution is 2.16. The van der Waals surface area contributed by atoms with Gasteiger partial charge in [-0.1, -0.05) is 26.0 Å². The van der Waals surface area contributed by atoms with Crippen molar-refractivity contribution in [2.75, 3.05) is 26.7 Å². The average molecular weight is 371 g/mol. The van der Waals surface area contributed by atoms with Gasteiger partial charge in [0.15, 0.2) is 0 Å². The molecule has 0 aliphatic carbocycles. The molecule has 0 atom stereocenters. The molecule has 1 aliphatic rings. The summed E-state index contributed by atoms with van der Waals surface area (Å²) in [4.78, 5) is 14.1. The second kappa shape index (κ2) is 8.99. The SMILES string of the molecule is COc1cccc(CN2CCc3nnc(CCNC(=O)C(C)C)n3CC2)c1. The maximum absolute atomic E-state index is 11.7. The van der Waals surface area contributed by atoms with Gasteiger partial charge in [0.05, 0.1) is 7.11 Å². The standard InChI is InChI=1S/C20H29N5O2/c1-15(2)20(26)21-9-7-18-22-23-19-8-10-24(11-12-25(18)19)14-16-5-4-6-17(13-16)27-3/h4-6,13,15H,7-12,14H2,1-3H3,(H,21,26). The Hall–Kier alpha value is -2.41. The largest absolute Gasteiger partial charge is 0.497 e. The van der Waals surface area contributed by atoms with Crippen LogP contribution in [0.25, 0.3) is 0 Å². The van der Waals surface area contributed by atoms with Crippen LogP contribution in [0, 0.1) is 5.92 Å². The molecule has 0 saturated carbocycles. The first kappa shape index (κ1) is 19.4. The van der Waals surface area contributed by atoms with Gasteiger partial charge < -0.3 is 14.6 Å². The zero-order valence-electron chi connectivity index (χ0n) is 16.4. The number of amides is 1. The van der Waals surface area contributed by atoms with E-state index >= 15 is 0 Å². The average Bonchev–Trinajstić information content (AvgIpc) is 2.94. The van der Waals surface area contributed by atoms with E-state index in [4.69, 9.17) is 4.74 Å². The molecule has 1 aliphatic heterocycles. The highest BCUT2D eigenvalue weighted by molar-refractivity contribution is 5.77. The van der Waals surface area contributed by atoms with Crippen molar-refractivity contribution in [2.45, 2.75) is 39.8 Å². The maximum Gasteiger partial charge on any atom is 0.222 e. The van der Waals surface area contributed by atoms with Crippen molar-refractivity contribution in [2.24, 2.45) is 5.92 Å². The number of hydrogen-bond acceptors (Lipinski definition) is 5. The molecule has 27 heavy (non-hydrogen) atoms. The number of nitrogens with one attached hydrogen (secondary N) is 1. The van der Waals surface area contributed by atoms with E-state index in [1.807, 2.05) is 26.0 Å². The number of nitrogens with zero attached hydrogens (tertiary/aromatic N) is 4. The van der Waals surface area contributed by atoms with Crippen LogP contribution in [-0.2, 0) is 30.7 Å². The zero-order valence-corrected chi connectivity index (χ0v) is 16.4. The molecule has 1 amide bonds. The van der Waals surface area contributed by atoms with Crippen LogP contribution in [-0.4, -0.2) is 52.3 Å². The van der Waals surface area contributed by atoms with Crippen LogP contribution in [0.15, 0.2) is 24.3 Å². The van der Waals surface area contributed by atoms with Crippen LogP contribution in [0.3, 0.4) is 0 Å². The lowest BCUT2D eigenvalue weighted by Crippen LogP contribution is -2.30. The minimum Gasteiger partial charge on any atom is -0.497 e. The normalized spacial score (nSPS) is 14.7. The molecule has 0 bridgehead atoms. The Bertz CT molecular complexity index is 771. The molecule has 0 spiro atoms. The quantitative estimate of drug-likeness (QED) is 0.801. The Morgan fingerprint density at radius 3 is 2.89 bits per heavy atom. The maximum atomic E-state index is 11.7. The van der Waals surface area contributed by atoms with Crippen LogP contribution in [0.1, 0.15) is 31.1 Å². The van der Waals surface area contributed by atoms with E-state index in [9.17, 15) is 4.79 Å². The molecule has 1 aromatic carbocycles. The van der Waals surface area contributed by atoms with Crippen LogP contribution in [0.4, 0.5) is 0 Å². The molecule has 0 fully saturated rings. The van der Waals surface area contributed by atoms with Gasteiger partial charge >= 0.3 is 0 Å². The van der Waals surface area contributed by atoms with Gasteiger partial charge in [0.1, 0.15) is 17.4 Å². The first-order chi connectivity index (χ1) is 13.1. The summed E-state index contributed by atoms with van der Waals surface area (Å²) < 4.78 is 7.54. The highest BCUT2D eigenvalue weighted by atomic mass is 16.5. The van der Waals surface area contributed by atoms with Crippen molar-refractivity contribution in [3.63, 3.8) is 0 Å². The van der Waals surface area contributed by atoms with Gasteiger partial charge in [-0.3, -0.25) is 9.69 Å². The summed E-state index contributed by atoms with van der Waals surface area (Å²) in [7, 11) is 1.70. The van der Waals surface area contributed by atoms with Crippen LogP contribution in [0.5, 0.6) is 5.75 Å². The summed E-state index contributed by atoms with van der Waals surface area (Å²) in [6.07, 6.45) is 1.59. The van der Waals surface area contributed by atoms with Gasteiger partial charge in [0.25, 0.3) is 0 Å². The van der Waals surface area contributed by atoms with Crippen molar-refractivity contribution in [3.8, 4) is 5.75 Å². The van der Waals surface area contributed by atoms with E-state index in [2.05, 4.69) is 37.1 Å². The van der Waals surface area contributed by atoms with Crippen LogP contribution < -0.4 is 10.1 Å². The summed E-state index contributed by atoms with van der Waals surface area (Å²) in [5.41, 5.74) is 1.25. The summed E-state index contributed by atoms with van der Waals surface area (Å²) in [5, 5.41) is 11.7. The molecule has 7 heteroatoms. The lowest BCUT2D eigenvalue weighted by Gasteiger charge is -2.20. The number of carbonyl (C=O) groups excluding carboxylic acids is 1. The van der Waals surface area contributed by atoms with Crippen molar-refractivity contribution >= 4 is 5.91 Å². The molecule has 7 nitrogen and oxygen atoms in total. The first-order valence-electron chi connectivity index (χ1n) is 9.60. The minimum atomic E-state index is 0.00526. The van der Waals surface area contributed by atoms with E-state index in [1.54, 1.807) is 7.11 Å². The molecule has 2 heterocycles. The van der Waals surface area contributed by atoms with E-state index in [-0.39, 0.29) is 11.8 Å². The molecule has 146 valence electrons. The van der Waals surface area contributed by atoms with E-state index in [0.29, 0.717) is 13.0 Å².